The molecule has 0 aromatic heterocycles. The van der Waals surface area contributed by atoms with E-state index in [1.807, 2.05) is 24.3 Å². The number of alkyl halides is 3. The summed E-state index contributed by atoms with van der Waals surface area (Å²) < 4.78 is 58.0. The van der Waals surface area contributed by atoms with Crippen LogP contribution in [-0.4, -0.2) is 42.9 Å². The number of carboxylic acid groups (broad SMARTS) is 1. The number of sulfone groups is 1. The second kappa shape index (κ2) is 8.24. The Morgan fingerprint density at radius 1 is 1.00 bits per heavy atom. The number of hydrogen-bond donors (Lipinski definition) is 1. The lowest BCUT2D eigenvalue weighted by atomic mass is 9.70. The van der Waals surface area contributed by atoms with Crippen molar-refractivity contribution in [2.24, 2.45) is 5.92 Å². The molecule has 0 radical (unpaired) electrons. The number of carbonyl (C=O) groups is 3. The fraction of sp³-hybridized carbons (Fsp3) is 0.400. The van der Waals surface area contributed by atoms with E-state index >= 15 is 0 Å². The normalized spacial score (nSPS) is 32.2. The standard InChI is InChI=1S/C23H21NO4S.C2HF3O2/c25-19-12-6-11-18-17(19)13-23(29(27,28)14-7-2-1-3-8-14)21-16-10-5-4-9-15(16)20(22(23)26)24(18)21;3-2(4,5)1(6)7/h1-5,7-10,17-18,20-21H,6,11-13H2;(H,6,7)/t17-,18+,20?,21?,23?;/m0./s1. The Morgan fingerprint density at radius 3 is 2.19 bits per heavy atom. The first kappa shape index (κ1) is 24.6. The maximum Gasteiger partial charge on any atom is 0.430 e. The van der Waals surface area contributed by atoms with Crippen molar-refractivity contribution in [3.05, 3.63) is 65.7 Å². The quantitative estimate of drug-likeness (QED) is 0.629. The van der Waals surface area contributed by atoms with Crippen LogP contribution in [-0.2, 0) is 24.2 Å². The van der Waals surface area contributed by atoms with Gasteiger partial charge in [-0.1, -0.05) is 42.5 Å². The van der Waals surface area contributed by atoms with Crippen LogP contribution in [0.4, 0.5) is 13.2 Å². The molecule has 190 valence electrons. The number of nitrogens with one attached hydrogen (secondary N) is 1. The van der Waals surface area contributed by atoms with Crippen LogP contribution in [0.5, 0.6) is 0 Å². The molecule has 4 aliphatic rings. The number of aliphatic carboxylic acids is 1. The smallest absolute Gasteiger partial charge is 0.430 e. The van der Waals surface area contributed by atoms with Crippen molar-refractivity contribution in [2.75, 3.05) is 0 Å². The van der Waals surface area contributed by atoms with Gasteiger partial charge in [-0.25, -0.2) is 8.42 Å². The number of carbonyl (C=O) groups excluding carboxylic acids is 3. The van der Waals surface area contributed by atoms with E-state index in [9.17, 15) is 31.2 Å². The molecule has 1 saturated carbocycles. The average Bonchev–Trinajstić information content (AvgIpc) is 3.28. The molecule has 4 bridgehead atoms. The predicted octanol–water partition coefficient (Wildman–Crippen LogP) is 0.903. The molecule has 2 saturated heterocycles. The minimum absolute atomic E-state index is 0.0317. The molecule has 3 fully saturated rings. The van der Waals surface area contributed by atoms with Crippen molar-refractivity contribution in [2.45, 2.75) is 59.6 Å². The fourth-order valence-corrected chi connectivity index (χ4v) is 9.00. The number of halogens is 3. The van der Waals surface area contributed by atoms with Gasteiger partial charge in [-0.3, -0.25) is 9.59 Å². The molecular weight excluding hydrogens is 499 g/mol. The number of hydrogen-bond acceptors (Lipinski definition) is 6. The zero-order valence-electron chi connectivity index (χ0n) is 18.8. The number of Topliss-reactive ketones (excluding diaryl/α,β-unsaturated/α-hetero) is 2. The highest BCUT2D eigenvalue weighted by molar-refractivity contribution is 7.93. The van der Waals surface area contributed by atoms with Crippen molar-refractivity contribution in [3.8, 4) is 0 Å². The second-order valence-corrected chi connectivity index (χ2v) is 11.8. The summed E-state index contributed by atoms with van der Waals surface area (Å²) in [5, 5.41) is 8.78. The van der Waals surface area contributed by atoms with E-state index < -0.39 is 38.8 Å². The number of carboxylic acids is 1. The zero-order chi connectivity index (χ0) is 26.0. The highest BCUT2D eigenvalue weighted by atomic mass is 32.2. The Bertz CT molecular complexity index is 1360. The summed E-state index contributed by atoms with van der Waals surface area (Å²) in [5.41, 5.74) is 1.93. The van der Waals surface area contributed by atoms with Crippen LogP contribution in [0, 0.1) is 5.92 Å². The van der Waals surface area contributed by atoms with Gasteiger partial charge < -0.3 is 14.8 Å². The highest BCUT2D eigenvalue weighted by Crippen LogP contribution is 2.57. The van der Waals surface area contributed by atoms with Crippen molar-refractivity contribution in [1.29, 1.82) is 0 Å². The van der Waals surface area contributed by atoms with Crippen LogP contribution < -0.4 is 10.0 Å². The van der Waals surface area contributed by atoms with Gasteiger partial charge in [0.15, 0.2) is 20.6 Å². The summed E-state index contributed by atoms with van der Waals surface area (Å²) in [4.78, 5) is 36.7. The summed E-state index contributed by atoms with van der Waals surface area (Å²) in [6.07, 6.45) is -2.87. The third-order valence-electron chi connectivity index (χ3n) is 7.98. The van der Waals surface area contributed by atoms with E-state index in [0.29, 0.717) is 6.42 Å². The van der Waals surface area contributed by atoms with Gasteiger partial charge in [0, 0.05) is 24.0 Å². The molecule has 2 aromatic rings. The van der Waals surface area contributed by atoms with Crippen LogP contribution in [0.25, 0.3) is 0 Å². The number of fused-ring (bicyclic) bond motifs is 3. The Kier molecular flexibility index (Phi) is 5.64. The zero-order valence-corrected chi connectivity index (χ0v) is 19.6. The van der Waals surface area contributed by atoms with Crippen LogP contribution >= 0.6 is 0 Å². The summed E-state index contributed by atoms with van der Waals surface area (Å²) in [5.74, 6) is -3.43. The fourth-order valence-electron chi connectivity index (χ4n) is 6.70. The molecule has 3 heterocycles. The number of benzene rings is 2. The average molecular weight is 522 g/mol. The topological polar surface area (TPSA) is 113 Å². The number of ketones is 2. The monoisotopic (exact) mass is 521 g/mol. The Balaban J connectivity index is 0.000000338. The van der Waals surface area contributed by atoms with E-state index in [1.54, 1.807) is 30.3 Å². The molecule has 0 amide bonds. The molecule has 1 N–H and O–H groups in total. The minimum atomic E-state index is -5.19. The van der Waals surface area contributed by atoms with Gasteiger partial charge in [-0.05, 0) is 25.0 Å². The van der Waals surface area contributed by atoms with Crippen LogP contribution in [0.15, 0.2) is 59.5 Å². The molecule has 11 heteroatoms. The highest BCUT2D eigenvalue weighted by Gasteiger charge is 2.79. The van der Waals surface area contributed by atoms with E-state index in [4.69, 9.17) is 9.90 Å². The molecule has 7 nitrogen and oxygen atoms in total. The molecule has 4 unspecified atom stereocenters. The lowest BCUT2D eigenvalue weighted by Crippen LogP contribution is -3.16. The van der Waals surface area contributed by atoms with Gasteiger partial charge in [-0.15, -0.1) is 0 Å². The van der Waals surface area contributed by atoms with Crippen molar-refractivity contribution < 1.29 is 46.0 Å². The van der Waals surface area contributed by atoms with Gasteiger partial charge in [0.2, 0.25) is 5.78 Å². The summed E-state index contributed by atoms with van der Waals surface area (Å²) in [6.45, 7) is 0. The molecule has 2 aromatic carbocycles. The largest absolute Gasteiger partial charge is 0.542 e. The van der Waals surface area contributed by atoms with Crippen molar-refractivity contribution in [1.82, 2.24) is 0 Å². The maximum atomic E-state index is 14.0. The SMILES string of the molecule is O=C([O-])C(F)(F)F.O=C1CCC[C@@H]2[C@@H]1CC1(S(=O)(=O)c3ccccc3)C(=O)C3c4ccccc4C1[NH+]32. The van der Waals surface area contributed by atoms with Gasteiger partial charge >= 0.3 is 6.18 Å². The summed E-state index contributed by atoms with van der Waals surface area (Å²) >= 11 is 0. The number of rotatable bonds is 2. The number of quaternary nitrogens is 1. The van der Waals surface area contributed by atoms with Crippen LogP contribution in [0.1, 0.15) is 48.9 Å². The molecular formula is C25H22F3NO6S. The van der Waals surface area contributed by atoms with E-state index in [0.717, 1.165) is 28.9 Å². The Hall–Kier alpha value is -3.05. The molecule has 1 aliphatic carbocycles. The van der Waals surface area contributed by atoms with Crippen LogP contribution in [0.3, 0.4) is 0 Å². The lowest BCUT2D eigenvalue weighted by molar-refractivity contribution is -0.969. The number of piperidine rings is 1. The maximum absolute atomic E-state index is 14.0. The molecule has 36 heavy (non-hydrogen) atoms. The minimum Gasteiger partial charge on any atom is -0.542 e. The van der Waals surface area contributed by atoms with Gasteiger partial charge in [0.1, 0.15) is 17.8 Å². The van der Waals surface area contributed by atoms with Gasteiger partial charge in [0.25, 0.3) is 0 Å². The molecule has 3 aliphatic heterocycles. The molecule has 0 spiro atoms. The first-order valence-electron chi connectivity index (χ1n) is 11.5. The molecule has 6 atom stereocenters. The summed E-state index contributed by atoms with van der Waals surface area (Å²) in [7, 11) is -3.95. The Labute approximate surface area is 204 Å². The second-order valence-electron chi connectivity index (χ2n) is 9.63. The van der Waals surface area contributed by atoms with E-state index in [-0.39, 0.29) is 34.8 Å². The lowest BCUT2D eigenvalue weighted by Gasteiger charge is -2.45. The first-order valence-corrected chi connectivity index (χ1v) is 13.0. The van der Waals surface area contributed by atoms with Gasteiger partial charge in [-0.2, -0.15) is 13.2 Å². The first-order chi connectivity index (χ1) is 16.9. The van der Waals surface area contributed by atoms with E-state index in [2.05, 4.69) is 0 Å². The predicted molar refractivity (Wildman–Crippen MR) is 116 cm³/mol. The third kappa shape index (κ3) is 3.28. The van der Waals surface area contributed by atoms with Crippen LogP contribution in [0.2, 0.25) is 0 Å². The summed E-state index contributed by atoms with van der Waals surface area (Å²) in [6, 6.07) is 15.2. The van der Waals surface area contributed by atoms with Gasteiger partial charge in [0.05, 0.1) is 16.9 Å². The molecule has 6 rings (SSSR count). The Morgan fingerprint density at radius 2 is 1.58 bits per heavy atom. The van der Waals surface area contributed by atoms with Crippen molar-refractivity contribution in [3.63, 3.8) is 0 Å². The van der Waals surface area contributed by atoms with E-state index in [1.165, 1.54) is 0 Å². The van der Waals surface area contributed by atoms with Crippen molar-refractivity contribution >= 4 is 27.4 Å². The third-order valence-corrected chi connectivity index (χ3v) is 10.4.